The van der Waals surface area contributed by atoms with Crippen LogP contribution in [-0.4, -0.2) is 29.6 Å². The molecule has 2 aromatic carbocycles. The summed E-state index contributed by atoms with van der Waals surface area (Å²) in [7, 11) is 1.42. The zero-order valence-electron chi connectivity index (χ0n) is 13.6. The van der Waals surface area contributed by atoms with Crippen LogP contribution in [0, 0.1) is 0 Å². The van der Waals surface area contributed by atoms with Crippen molar-refractivity contribution in [3.8, 4) is 0 Å². The number of nitrogens with zero attached hydrogens (tertiary/aromatic N) is 1. The van der Waals surface area contributed by atoms with E-state index in [1.165, 1.54) is 12.7 Å². The quantitative estimate of drug-likeness (QED) is 0.582. The minimum atomic E-state index is -0.324. The van der Waals surface area contributed by atoms with Crippen molar-refractivity contribution >= 4 is 44.5 Å². The van der Waals surface area contributed by atoms with E-state index in [1.807, 2.05) is 42.5 Å². The average molecular weight is 420 g/mol. The largest absolute Gasteiger partial charge is 0.453 e. The lowest BCUT2D eigenvalue weighted by molar-refractivity contribution is 0.108. The Balaban J connectivity index is 1.91. The van der Waals surface area contributed by atoms with Crippen molar-refractivity contribution in [2.75, 3.05) is 13.7 Å². The average Bonchev–Trinajstić information content (AvgIpc) is 2.99. The molecule has 1 unspecified atom stereocenters. The van der Waals surface area contributed by atoms with E-state index in [0.29, 0.717) is 11.6 Å². The summed E-state index contributed by atoms with van der Waals surface area (Å²) in [4.78, 5) is 17.6. The number of methoxy groups -OCH3 is 1. The Hall–Kier alpha value is -1.98. The Bertz CT molecular complexity index is 952. The predicted octanol–water partition coefficient (Wildman–Crippen LogP) is 5.30. The lowest BCUT2D eigenvalue weighted by atomic mass is 9.93. The van der Waals surface area contributed by atoms with Gasteiger partial charge in [0.25, 0.3) is 0 Å². The molecule has 1 atom stereocenters. The molecule has 25 heavy (non-hydrogen) atoms. The number of carbonyl (C=O) groups is 1. The fourth-order valence-corrected chi connectivity index (χ4v) is 4.00. The number of halogens is 2. The van der Waals surface area contributed by atoms with Crippen LogP contribution in [0.25, 0.3) is 10.9 Å². The van der Waals surface area contributed by atoms with Crippen molar-refractivity contribution in [3.05, 3.63) is 68.8 Å². The van der Waals surface area contributed by atoms with Gasteiger partial charge in [-0.2, -0.15) is 0 Å². The summed E-state index contributed by atoms with van der Waals surface area (Å²) in [5, 5.41) is 1.83. The van der Waals surface area contributed by atoms with Gasteiger partial charge in [0, 0.05) is 32.6 Å². The van der Waals surface area contributed by atoms with Crippen molar-refractivity contribution in [1.82, 2.24) is 9.88 Å². The van der Waals surface area contributed by atoms with Crippen LogP contribution in [0.3, 0.4) is 0 Å². The second kappa shape index (κ2) is 6.39. The van der Waals surface area contributed by atoms with Crippen molar-refractivity contribution < 1.29 is 9.53 Å². The maximum absolute atomic E-state index is 12.4. The molecule has 0 saturated carbocycles. The summed E-state index contributed by atoms with van der Waals surface area (Å²) in [5.74, 6) is 0. The first-order valence-corrected chi connectivity index (χ1v) is 9.15. The zero-order valence-corrected chi connectivity index (χ0v) is 15.9. The molecule has 4 rings (SSSR count). The van der Waals surface area contributed by atoms with Crippen LogP contribution in [0.4, 0.5) is 4.79 Å². The van der Waals surface area contributed by atoms with E-state index in [4.69, 9.17) is 16.3 Å². The number of hydrogen-bond acceptors (Lipinski definition) is 2. The number of ether oxygens (including phenoxy) is 1. The standard InChI is InChI=1S/C19H16BrClN2O2/c1-25-19(24)23-9-8-14-15-10-13(21)6-7-16(15)22-17(14)18(23)11-2-4-12(20)5-3-11/h2-7,10,18,22H,8-9H2,1H3. The number of H-pyrrole nitrogens is 1. The highest BCUT2D eigenvalue weighted by atomic mass is 79.9. The summed E-state index contributed by atoms with van der Waals surface area (Å²) >= 11 is 9.65. The molecule has 0 spiro atoms. The van der Waals surface area contributed by atoms with Gasteiger partial charge < -0.3 is 9.72 Å². The van der Waals surface area contributed by atoms with Gasteiger partial charge in [-0.3, -0.25) is 4.90 Å². The number of amides is 1. The molecule has 1 aliphatic heterocycles. The minimum absolute atomic E-state index is 0.213. The fraction of sp³-hybridized carbons (Fsp3) is 0.211. The van der Waals surface area contributed by atoms with Gasteiger partial charge in [-0.05, 0) is 47.9 Å². The second-order valence-electron chi connectivity index (χ2n) is 6.07. The topological polar surface area (TPSA) is 45.3 Å². The van der Waals surface area contributed by atoms with Gasteiger partial charge in [0.1, 0.15) is 6.04 Å². The van der Waals surface area contributed by atoms with Gasteiger partial charge in [0.15, 0.2) is 0 Å². The van der Waals surface area contributed by atoms with E-state index < -0.39 is 0 Å². The van der Waals surface area contributed by atoms with Crippen LogP contribution >= 0.6 is 27.5 Å². The molecule has 4 nitrogen and oxygen atoms in total. The SMILES string of the molecule is COC(=O)N1CCc2c([nH]c3ccc(Cl)cc23)C1c1ccc(Br)cc1. The molecule has 1 aliphatic rings. The third kappa shape index (κ3) is 2.81. The number of aromatic amines is 1. The maximum atomic E-state index is 12.4. The molecular weight excluding hydrogens is 404 g/mol. The zero-order chi connectivity index (χ0) is 17.6. The number of rotatable bonds is 1. The summed E-state index contributed by atoms with van der Waals surface area (Å²) in [6.45, 7) is 0.597. The molecule has 1 aromatic heterocycles. The van der Waals surface area contributed by atoms with E-state index in [-0.39, 0.29) is 12.1 Å². The molecule has 0 radical (unpaired) electrons. The second-order valence-corrected chi connectivity index (χ2v) is 7.43. The molecule has 0 aliphatic carbocycles. The number of fused-ring (bicyclic) bond motifs is 3. The summed E-state index contributed by atoms with van der Waals surface area (Å²) in [5.41, 5.74) is 4.30. The number of aromatic nitrogens is 1. The van der Waals surface area contributed by atoms with Gasteiger partial charge in [-0.1, -0.05) is 39.7 Å². The first-order chi connectivity index (χ1) is 12.1. The highest BCUT2D eigenvalue weighted by Gasteiger charge is 2.35. The highest BCUT2D eigenvalue weighted by molar-refractivity contribution is 9.10. The van der Waals surface area contributed by atoms with Crippen LogP contribution in [-0.2, 0) is 11.2 Å². The number of hydrogen-bond donors (Lipinski definition) is 1. The lowest BCUT2D eigenvalue weighted by Crippen LogP contribution is -2.40. The molecule has 0 fully saturated rings. The van der Waals surface area contributed by atoms with Crippen molar-refractivity contribution in [2.45, 2.75) is 12.5 Å². The smallest absolute Gasteiger partial charge is 0.410 e. The molecule has 0 bridgehead atoms. The van der Waals surface area contributed by atoms with E-state index in [9.17, 15) is 4.79 Å². The van der Waals surface area contributed by atoms with Crippen LogP contribution in [0.2, 0.25) is 5.02 Å². The Morgan fingerprint density at radius 3 is 2.76 bits per heavy atom. The van der Waals surface area contributed by atoms with Crippen LogP contribution in [0.1, 0.15) is 22.9 Å². The monoisotopic (exact) mass is 418 g/mol. The summed E-state index contributed by atoms with van der Waals surface area (Å²) in [6, 6.07) is 13.7. The fourth-order valence-electron chi connectivity index (χ4n) is 3.57. The van der Waals surface area contributed by atoms with Gasteiger partial charge in [-0.15, -0.1) is 0 Å². The first kappa shape index (κ1) is 16.5. The highest BCUT2D eigenvalue weighted by Crippen LogP contribution is 2.39. The number of benzene rings is 2. The van der Waals surface area contributed by atoms with Gasteiger partial charge >= 0.3 is 6.09 Å². The molecule has 6 heteroatoms. The predicted molar refractivity (Wildman–Crippen MR) is 102 cm³/mol. The lowest BCUT2D eigenvalue weighted by Gasteiger charge is -2.35. The van der Waals surface area contributed by atoms with E-state index in [2.05, 4.69) is 20.9 Å². The maximum Gasteiger partial charge on any atom is 0.410 e. The first-order valence-electron chi connectivity index (χ1n) is 7.98. The van der Waals surface area contributed by atoms with Crippen molar-refractivity contribution in [3.63, 3.8) is 0 Å². The molecule has 1 amide bonds. The van der Waals surface area contributed by atoms with Crippen molar-refractivity contribution in [1.29, 1.82) is 0 Å². The van der Waals surface area contributed by atoms with E-state index >= 15 is 0 Å². The van der Waals surface area contributed by atoms with Gasteiger partial charge in [0.05, 0.1) is 7.11 Å². The summed E-state index contributed by atoms with van der Waals surface area (Å²) in [6.07, 6.45) is 0.438. The van der Waals surface area contributed by atoms with Gasteiger partial charge in [-0.25, -0.2) is 4.79 Å². The summed E-state index contributed by atoms with van der Waals surface area (Å²) < 4.78 is 6.02. The van der Waals surface area contributed by atoms with Crippen LogP contribution in [0.5, 0.6) is 0 Å². The molecule has 128 valence electrons. The van der Waals surface area contributed by atoms with E-state index in [1.54, 1.807) is 4.90 Å². The van der Waals surface area contributed by atoms with Crippen LogP contribution in [0.15, 0.2) is 46.9 Å². The third-order valence-corrected chi connectivity index (χ3v) is 5.45. The molecular formula is C19H16BrClN2O2. The molecule has 1 N–H and O–H groups in total. The third-order valence-electron chi connectivity index (χ3n) is 4.68. The Kier molecular flexibility index (Phi) is 4.21. The number of carbonyl (C=O) groups excluding carboxylic acids is 1. The Labute approximate surface area is 158 Å². The van der Waals surface area contributed by atoms with Crippen LogP contribution < -0.4 is 0 Å². The van der Waals surface area contributed by atoms with Crippen molar-refractivity contribution in [2.24, 2.45) is 0 Å². The normalized spacial score (nSPS) is 16.8. The van der Waals surface area contributed by atoms with Gasteiger partial charge in [0.2, 0.25) is 0 Å². The Morgan fingerprint density at radius 1 is 1.28 bits per heavy atom. The molecule has 0 saturated heterocycles. The Morgan fingerprint density at radius 2 is 2.04 bits per heavy atom. The molecule has 3 aromatic rings. The molecule has 2 heterocycles. The number of nitrogens with one attached hydrogen (secondary N) is 1. The minimum Gasteiger partial charge on any atom is -0.453 e. The van der Waals surface area contributed by atoms with E-state index in [0.717, 1.165) is 33.1 Å².